The van der Waals surface area contributed by atoms with E-state index in [0.29, 0.717) is 12.5 Å². The molecule has 3 aliphatic rings. The maximum Gasteiger partial charge on any atom is 0.236 e. The minimum absolute atomic E-state index is 0.360. The normalized spacial score (nSPS) is 25.9. The van der Waals surface area contributed by atoms with E-state index in [0.717, 1.165) is 38.1 Å². The zero-order chi connectivity index (χ0) is 13.8. The molecule has 2 saturated heterocycles. The van der Waals surface area contributed by atoms with Gasteiger partial charge >= 0.3 is 0 Å². The topological polar surface area (TPSA) is 35.6 Å². The zero-order valence-corrected chi connectivity index (χ0v) is 12.6. The maximum absolute atomic E-state index is 12.2. The number of nitrogens with one attached hydrogen (secondary N) is 1. The molecule has 0 aromatic rings. The van der Waals surface area contributed by atoms with Gasteiger partial charge in [0, 0.05) is 19.1 Å². The Balaban J connectivity index is 1.33. The van der Waals surface area contributed by atoms with Crippen LogP contribution in [0.1, 0.15) is 44.9 Å². The second-order valence-electron chi connectivity index (χ2n) is 6.84. The third-order valence-corrected chi connectivity index (χ3v) is 5.05. The highest BCUT2D eigenvalue weighted by atomic mass is 16.2. The number of rotatable bonds is 5. The summed E-state index contributed by atoms with van der Waals surface area (Å²) in [6.07, 6.45) is 8.96. The Morgan fingerprint density at radius 1 is 0.950 bits per heavy atom. The summed E-state index contributed by atoms with van der Waals surface area (Å²) in [5.41, 5.74) is 0. The first kappa shape index (κ1) is 14.3. The lowest BCUT2D eigenvalue weighted by molar-refractivity contribution is -0.133. The van der Waals surface area contributed by atoms with Crippen LogP contribution in [0.5, 0.6) is 0 Å². The largest absolute Gasteiger partial charge is 0.342 e. The Hall–Kier alpha value is -0.610. The van der Waals surface area contributed by atoms with Gasteiger partial charge in [-0.15, -0.1) is 0 Å². The molecule has 2 heterocycles. The molecule has 20 heavy (non-hydrogen) atoms. The van der Waals surface area contributed by atoms with Gasteiger partial charge < -0.3 is 10.2 Å². The van der Waals surface area contributed by atoms with E-state index in [4.69, 9.17) is 0 Å². The third kappa shape index (κ3) is 4.19. The lowest BCUT2D eigenvalue weighted by atomic mass is 9.96. The summed E-state index contributed by atoms with van der Waals surface area (Å²) < 4.78 is 0. The summed E-state index contributed by atoms with van der Waals surface area (Å²) in [5.74, 6) is 1.19. The van der Waals surface area contributed by atoms with Crippen molar-refractivity contribution >= 4 is 5.91 Å². The van der Waals surface area contributed by atoms with Crippen LogP contribution in [0.4, 0.5) is 0 Å². The van der Waals surface area contributed by atoms with E-state index in [-0.39, 0.29) is 0 Å². The van der Waals surface area contributed by atoms with Crippen LogP contribution in [-0.4, -0.2) is 61.0 Å². The van der Waals surface area contributed by atoms with Crippen LogP contribution in [-0.2, 0) is 4.79 Å². The monoisotopic (exact) mass is 279 g/mol. The quantitative estimate of drug-likeness (QED) is 0.827. The number of carbonyl (C=O) groups excluding carboxylic acids is 1. The fourth-order valence-corrected chi connectivity index (χ4v) is 3.40. The second kappa shape index (κ2) is 6.90. The molecule has 0 unspecified atom stereocenters. The number of likely N-dealkylation sites (tertiary alicyclic amines) is 2. The number of carbonyl (C=O) groups is 1. The van der Waals surface area contributed by atoms with Crippen LogP contribution in [0, 0.1) is 5.92 Å². The molecule has 3 rings (SSSR count). The van der Waals surface area contributed by atoms with Crippen LogP contribution < -0.4 is 5.32 Å². The highest BCUT2D eigenvalue weighted by Gasteiger charge is 2.26. The standard InChI is InChI=1S/C16H29N3O/c20-16(19-8-2-1-3-9-19)13-18-10-6-14(7-11-18)12-17-15-4-5-15/h14-15,17H,1-13H2. The first-order chi connectivity index (χ1) is 9.81. The van der Waals surface area contributed by atoms with Crippen LogP contribution in [0.25, 0.3) is 0 Å². The van der Waals surface area contributed by atoms with Crippen molar-refractivity contribution in [2.75, 3.05) is 39.3 Å². The van der Waals surface area contributed by atoms with Gasteiger partial charge in [-0.3, -0.25) is 9.69 Å². The van der Waals surface area contributed by atoms with Crippen LogP contribution in [0.15, 0.2) is 0 Å². The molecule has 0 radical (unpaired) electrons. The minimum atomic E-state index is 0.360. The molecule has 114 valence electrons. The average Bonchev–Trinajstić information content (AvgIpc) is 3.32. The molecule has 0 atom stereocenters. The van der Waals surface area contributed by atoms with Gasteiger partial charge in [-0.1, -0.05) is 0 Å². The maximum atomic E-state index is 12.2. The first-order valence-electron chi connectivity index (χ1n) is 8.55. The highest BCUT2D eigenvalue weighted by molar-refractivity contribution is 5.78. The van der Waals surface area contributed by atoms with E-state index in [1.165, 1.54) is 51.5 Å². The molecular weight excluding hydrogens is 250 g/mol. The first-order valence-corrected chi connectivity index (χ1v) is 8.55. The van der Waals surface area contributed by atoms with E-state index in [1.807, 2.05) is 0 Å². The van der Waals surface area contributed by atoms with Gasteiger partial charge in [-0.05, 0) is 70.5 Å². The third-order valence-electron chi connectivity index (χ3n) is 5.05. The fourth-order valence-electron chi connectivity index (χ4n) is 3.40. The van der Waals surface area contributed by atoms with Crippen molar-refractivity contribution in [3.8, 4) is 0 Å². The Kier molecular flexibility index (Phi) is 4.94. The van der Waals surface area contributed by atoms with Crippen molar-refractivity contribution in [2.24, 2.45) is 5.92 Å². The lowest BCUT2D eigenvalue weighted by Crippen LogP contribution is -2.45. The molecule has 2 aliphatic heterocycles. The molecular formula is C16H29N3O. The number of nitrogens with zero attached hydrogens (tertiary/aromatic N) is 2. The van der Waals surface area contributed by atoms with E-state index in [2.05, 4.69) is 15.1 Å². The van der Waals surface area contributed by atoms with E-state index >= 15 is 0 Å². The Morgan fingerprint density at radius 2 is 1.65 bits per heavy atom. The number of hydrogen-bond acceptors (Lipinski definition) is 3. The average molecular weight is 279 g/mol. The number of piperidine rings is 2. The van der Waals surface area contributed by atoms with Crippen molar-refractivity contribution in [3.63, 3.8) is 0 Å². The summed E-state index contributed by atoms with van der Waals surface area (Å²) in [7, 11) is 0. The van der Waals surface area contributed by atoms with Gasteiger partial charge in [-0.2, -0.15) is 0 Å². The van der Waals surface area contributed by atoms with E-state index < -0.39 is 0 Å². The molecule has 0 spiro atoms. The number of hydrogen-bond donors (Lipinski definition) is 1. The van der Waals surface area contributed by atoms with Crippen LogP contribution in [0.3, 0.4) is 0 Å². The summed E-state index contributed by atoms with van der Waals surface area (Å²) in [6.45, 7) is 6.04. The van der Waals surface area contributed by atoms with Crippen molar-refractivity contribution < 1.29 is 4.79 Å². The molecule has 1 N–H and O–H groups in total. The summed E-state index contributed by atoms with van der Waals surface area (Å²) in [4.78, 5) is 16.7. The number of amides is 1. The molecule has 0 bridgehead atoms. The van der Waals surface area contributed by atoms with Gasteiger partial charge in [0.05, 0.1) is 6.54 Å². The van der Waals surface area contributed by atoms with Crippen LogP contribution in [0.2, 0.25) is 0 Å². The zero-order valence-electron chi connectivity index (χ0n) is 12.6. The predicted molar refractivity (Wildman–Crippen MR) is 80.6 cm³/mol. The van der Waals surface area contributed by atoms with Gasteiger partial charge in [0.25, 0.3) is 0 Å². The molecule has 1 amide bonds. The highest BCUT2D eigenvalue weighted by Crippen LogP contribution is 2.22. The molecule has 3 fully saturated rings. The van der Waals surface area contributed by atoms with Crippen molar-refractivity contribution in [2.45, 2.75) is 51.0 Å². The van der Waals surface area contributed by atoms with Gasteiger partial charge in [0.2, 0.25) is 5.91 Å². The van der Waals surface area contributed by atoms with E-state index in [1.54, 1.807) is 0 Å². The minimum Gasteiger partial charge on any atom is -0.342 e. The molecule has 1 saturated carbocycles. The van der Waals surface area contributed by atoms with Crippen molar-refractivity contribution in [3.05, 3.63) is 0 Å². The molecule has 0 aromatic carbocycles. The van der Waals surface area contributed by atoms with Crippen LogP contribution >= 0.6 is 0 Å². The summed E-state index contributed by atoms with van der Waals surface area (Å²) in [5, 5.41) is 3.64. The van der Waals surface area contributed by atoms with Crippen molar-refractivity contribution in [1.82, 2.24) is 15.1 Å². The SMILES string of the molecule is O=C(CN1CCC(CNC2CC2)CC1)N1CCCCC1. The summed E-state index contributed by atoms with van der Waals surface area (Å²) >= 11 is 0. The second-order valence-corrected chi connectivity index (χ2v) is 6.84. The Bertz CT molecular complexity index is 316. The lowest BCUT2D eigenvalue weighted by Gasteiger charge is -2.34. The molecule has 1 aliphatic carbocycles. The molecule has 4 heteroatoms. The Morgan fingerprint density at radius 3 is 2.30 bits per heavy atom. The van der Waals surface area contributed by atoms with Gasteiger partial charge in [-0.25, -0.2) is 0 Å². The predicted octanol–water partition coefficient (Wildman–Crippen LogP) is 1.46. The Labute approximate surface area is 122 Å². The van der Waals surface area contributed by atoms with Crippen molar-refractivity contribution in [1.29, 1.82) is 0 Å². The van der Waals surface area contributed by atoms with Gasteiger partial charge in [0.1, 0.15) is 0 Å². The molecule has 0 aromatic heterocycles. The smallest absolute Gasteiger partial charge is 0.236 e. The van der Waals surface area contributed by atoms with Gasteiger partial charge in [0.15, 0.2) is 0 Å². The fraction of sp³-hybridized carbons (Fsp3) is 0.938. The molecule has 4 nitrogen and oxygen atoms in total. The van der Waals surface area contributed by atoms with E-state index in [9.17, 15) is 4.79 Å². The summed E-state index contributed by atoms with van der Waals surface area (Å²) in [6, 6.07) is 0.828.